The number of carbonyl (C=O) groups excluding carboxylic acids is 1. The van der Waals surface area contributed by atoms with Gasteiger partial charge in [0, 0.05) is 22.6 Å². The van der Waals surface area contributed by atoms with Crippen LogP contribution in [0.5, 0.6) is 5.75 Å². The van der Waals surface area contributed by atoms with Crippen LogP contribution >= 0.6 is 11.3 Å². The van der Waals surface area contributed by atoms with Crippen molar-refractivity contribution in [3.8, 4) is 16.3 Å². The fraction of sp³-hybridized carbons (Fsp3) is 0.0588. The van der Waals surface area contributed by atoms with E-state index in [2.05, 4.69) is 4.98 Å². The lowest BCUT2D eigenvalue weighted by atomic mass is 10.1. The quantitative estimate of drug-likeness (QED) is 0.538. The highest BCUT2D eigenvalue weighted by Gasteiger charge is 2.09. The summed E-state index contributed by atoms with van der Waals surface area (Å²) in [5.41, 5.74) is 7.22. The molecule has 0 aliphatic heterocycles. The van der Waals surface area contributed by atoms with Crippen LogP contribution in [0.4, 0.5) is 5.69 Å². The Morgan fingerprint density at radius 1 is 1.24 bits per heavy atom. The number of nitro benzene ring substituents is 1. The predicted octanol–water partition coefficient (Wildman–Crippen LogP) is 3.40. The molecule has 25 heavy (non-hydrogen) atoms. The molecule has 0 spiro atoms. The molecular formula is C17H13N3O4S. The average Bonchev–Trinajstić information content (AvgIpc) is 3.09. The number of hydrogen-bond donors (Lipinski definition) is 1. The third-order valence-electron chi connectivity index (χ3n) is 3.38. The summed E-state index contributed by atoms with van der Waals surface area (Å²) >= 11 is 1.44. The molecule has 0 aliphatic carbocycles. The first-order valence-corrected chi connectivity index (χ1v) is 8.13. The summed E-state index contributed by atoms with van der Waals surface area (Å²) in [5.74, 6) is -0.0636. The second-order valence-electron chi connectivity index (χ2n) is 5.13. The Hall–Kier alpha value is -3.26. The number of nitro groups is 1. The number of hydrogen-bond acceptors (Lipinski definition) is 6. The van der Waals surface area contributed by atoms with Crippen LogP contribution in [-0.2, 0) is 6.61 Å². The summed E-state index contributed by atoms with van der Waals surface area (Å²) in [6.45, 7) is 0.205. The summed E-state index contributed by atoms with van der Waals surface area (Å²) < 4.78 is 5.56. The summed E-state index contributed by atoms with van der Waals surface area (Å²) in [4.78, 5) is 25.9. The maximum absolute atomic E-state index is 11.1. The molecule has 0 saturated heterocycles. The van der Waals surface area contributed by atoms with Crippen molar-refractivity contribution in [2.45, 2.75) is 6.61 Å². The number of aromatic nitrogens is 1. The van der Waals surface area contributed by atoms with Gasteiger partial charge < -0.3 is 10.5 Å². The Morgan fingerprint density at radius 3 is 2.68 bits per heavy atom. The molecule has 0 fully saturated rings. The minimum absolute atomic E-state index is 0.0222. The molecule has 0 aliphatic rings. The molecule has 2 N–H and O–H groups in total. The third-order valence-corrected chi connectivity index (χ3v) is 4.32. The number of carbonyl (C=O) groups is 1. The Balaban J connectivity index is 1.68. The van der Waals surface area contributed by atoms with Gasteiger partial charge in [-0.05, 0) is 18.2 Å². The molecule has 0 saturated carbocycles. The monoisotopic (exact) mass is 355 g/mol. The zero-order valence-electron chi connectivity index (χ0n) is 12.9. The first-order valence-electron chi connectivity index (χ1n) is 7.25. The van der Waals surface area contributed by atoms with Gasteiger partial charge in [-0.2, -0.15) is 0 Å². The molecule has 1 heterocycles. The molecule has 2 aromatic carbocycles. The molecule has 3 rings (SSSR count). The van der Waals surface area contributed by atoms with E-state index in [-0.39, 0.29) is 12.3 Å². The van der Waals surface area contributed by atoms with Gasteiger partial charge in [-0.15, -0.1) is 11.3 Å². The summed E-state index contributed by atoms with van der Waals surface area (Å²) in [6, 6.07) is 12.9. The van der Waals surface area contributed by atoms with Crippen LogP contribution in [0.1, 0.15) is 16.1 Å². The highest BCUT2D eigenvalue weighted by atomic mass is 32.1. The predicted molar refractivity (Wildman–Crippen MR) is 93.5 cm³/mol. The Bertz CT molecular complexity index is 922. The van der Waals surface area contributed by atoms with Gasteiger partial charge in [0.05, 0.1) is 16.7 Å². The third kappa shape index (κ3) is 3.99. The van der Waals surface area contributed by atoms with Gasteiger partial charge in [0.2, 0.25) is 5.91 Å². The van der Waals surface area contributed by atoms with Crippen molar-refractivity contribution in [2.75, 3.05) is 0 Å². The van der Waals surface area contributed by atoms with E-state index in [1.807, 2.05) is 5.38 Å². The summed E-state index contributed by atoms with van der Waals surface area (Å²) in [6.07, 6.45) is 0. The van der Waals surface area contributed by atoms with Crippen molar-refractivity contribution in [1.29, 1.82) is 0 Å². The lowest BCUT2D eigenvalue weighted by Gasteiger charge is -2.03. The lowest BCUT2D eigenvalue weighted by Crippen LogP contribution is -2.10. The van der Waals surface area contributed by atoms with Crippen LogP contribution in [0, 0.1) is 10.1 Å². The molecule has 8 heteroatoms. The first-order chi connectivity index (χ1) is 12.0. The highest BCUT2D eigenvalue weighted by molar-refractivity contribution is 7.13. The molecule has 3 aromatic rings. The van der Waals surface area contributed by atoms with Crippen LogP contribution in [0.2, 0.25) is 0 Å². The molecule has 7 nitrogen and oxygen atoms in total. The van der Waals surface area contributed by atoms with Crippen molar-refractivity contribution in [3.05, 3.63) is 75.3 Å². The maximum Gasteiger partial charge on any atom is 0.273 e. The minimum atomic E-state index is -0.475. The molecule has 1 aromatic heterocycles. The van der Waals surface area contributed by atoms with Crippen molar-refractivity contribution in [1.82, 2.24) is 4.98 Å². The second-order valence-corrected chi connectivity index (χ2v) is 5.99. The number of nitrogens with zero attached hydrogens (tertiary/aromatic N) is 2. The second kappa shape index (κ2) is 7.10. The van der Waals surface area contributed by atoms with Gasteiger partial charge in [-0.1, -0.05) is 18.2 Å². The number of benzene rings is 2. The minimum Gasteiger partial charge on any atom is -0.487 e. The van der Waals surface area contributed by atoms with Gasteiger partial charge in [-0.3, -0.25) is 14.9 Å². The average molecular weight is 355 g/mol. The largest absolute Gasteiger partial charge is 0.487 e. The zero-order chi connectivity index (χ0) is 17.8. The van der Waals surface area contributed by atoms with Crippen molar-refractivity contribution in [2.24, 2.45) is 5.73 Å². The van der Waals surface area contributed by atoms with Crippen LogP contribution in [-0.4, -0.2) is 15.8 Å². The number of thiazole rings is 1. The number of nitrogens with two attached hydrogens (primary N) is 1. The van der Waals surface area contributed by atoms with E-state index in [9.17, 15) is 14.9 Å². The SMILES string of the molecule is NC(=O)c1ccc(-c2nc(COc3cccc([N+](=O)[O-])c3)cs2)cc1. The summed E-state index contributed by atoms with van der Waals surface area (Å²) in [7, 11) is 0. The molecule has 0 radical (unpaired) electrons. The molecule has 0 bridgehead atoms. The van der Waals surface area contributed by atoms with Crippen molar-refractivity contribution >= 4 is 22.9 Å². The van der Waals surface area contributed by atoms with E-state index in [1.54, 1.807) is 36.4 Å². The Morgan fingerprint density at radius 2 is 2.00 bits per heavy atom. The van der Waals surface area contributed by atoms with E-state index in [0.29, 0.717) is 17.0 Å². The van der Waals surface area contributed by atoms with E-state index < -0.39 is 10.8 Å². The Labute approximate surface area is 146 Å². The van der Waals surface area contributed by atoms with Gasteiger partial charge in [0.15, 0.2) is 0 Å². The Kier molecular flexibility index (Phi) is 4.71. The van der Waals surface area contributed by atoms with E-state index in [1.165, 1.54) is 23.5 Å². The van der Waals surface area contributed by atoms with E-state index in [4.69, 9.17) is 10.5 Å². The maximum atomic E-state index is 11.1. The smallest absolute Gasteiger partial charge is 0.273 e. The van der Waals surface area contributed by atoms with E-state index >= 15 is 0 Å². The molecule has 0 atom stereocenters. The van der Waals surface area contributed by atoms with Gasteiger partial charge in [-0.25, -0.2) is 4.98 Å². The van der Waals surface area contributed by atoms with Crippen LogP contribution in [0.15, 0.2) is 53.9 Å². The van der Waals surface area contributed by atoms with Gasteiger partial charge in [0.25, 0.3) is 5.69 Å². The van der Waals surface area contributed by atoms with Crippen molar-refractivity contribution < 1.29 is 14.5 Å². The zero-order valence-corrected chi connectivity index (χ0v) is 13.7. The number of non-ortho nitro benzene ring substituents is 1. The number of primary amides is 1. The fourth-order valence-corrected chi connectivity index (χ4v) is 2.94. The van der Waals surface area contributed by atoms with Crippen molar-refractivity contribution in [3.63, 3.8) is 0 Å². The topological polar surface area (TPSA) is 108 Å². The molecule has 0 unspecified atom stereocenters. The lowest BCUT2D eigenvalue weighted by molar-refractivity contribution is -0.384. The normalized spacial score (nSPS) is 10.4. The summed E-state index contributed by atoms with van der Waals surface area (Å²) in [5, 5.41) is 13.4. The van der Waals surface area contributed by atoms with Crippen LogP contribution < -0.4 is 10.5 Å². The highest BCUT2D eigenvalue weighted by Crippen LogP contribution is 2.25. The molecular weight excluding hydrogens is 342 g/mol. The molecule has 1 amide bonds. The number of ether oxygens (including phenoxy) is 1. The van der Waals surface area contributed by atoms with E-state index in [0.717, 1.165) is 10.6 Å². The van der Waals surface area contributed by atoms with Gasteiger partial charge >= 0.3 is 0 Å². The van der Waals surface area contributed by atoms with Crippen LogP contribution in [0.25, 0.3) is 10.6 Å². The first kappa shape index (κ1) is 16.6. The number of amides is 1. The number of rotatable bonds is 6. The standard InChI is InChI=1S/C17H13N3O4S/c18-16(21)11-4-6-12(7-5-11)17-19-13(10-25-17)9-24-15-3-1-2-14(8-15)20(22)23/h1-8,10H,9H2,(H2,18,21). The fourth-order valence-electron chi connectivity index (χ4n) is 2.13. The van der Waals surface area contributed by atoms with Gasteiger partial charge in [0.1, 0.15) is 17.4 Å². The molecule has 126 valence electrons. The van der Waals surface area contributed by atoms with Crippen LogP contribution in [0.3, 0.4) is 0 Å².